The van der Waals surface area contributed by atoms with Crippen molar-refractivity contribution >= 4 is 0 Å². The first-order valence-corrected chi connectivity index (χ1v) is 5.36. The van der Waals surface area contributed by atoms with E-state index < -0.39 is 0 Å². The number of aryl methyl sites for hydroxylation is 1. The zero-order chi connectivity index (χ0) is 10.8. The summed E-state index contributed by atoms with van der Waals surface area (Å²) >= 11 is 0. The number of hydrogen-bond acceptors (Lipinski definition) is 2. The third-order valence-corrected chi connectivity index (χ3v) is 2.85. The fourth-order valence-electron chi connectivity index (χ4n) is 2.10. The van der Waals surface area contributed by atoms with Crippen LogP contribution in [0.4, 0.5) is 4.39 Å². The van der Waals surface area contributed by atoms with Crippen molar-refractivity contribution < 1.29 is 9.50 Å². The number of rotatable bonds is 3. The second-order valence-corrected chi connectivity index (χ2v) is 4.19. The van der Waals surface area contributed by atoms with Crippen molar-refractivity contribution in [2.24, 2.45) is 0 Å². The maximum Gasteiger partial charge on any atom is 0.123 e. The van der Waals surface area contributed by atoms with Gasteiger partial charge in [0.25, 0.3) is 0 Å². The molecule has 15 heavy (non-hydrogen) atoms. The molecule has 82 valence electrons. The molecule has 2 atom stereocenters. The first-order valence-electron chi connectivity index (χ1n) is 5.36. The number of benzene rings is 1. The van der Waals surface area contributed by atoms with E-state index in [-0.39, 0.29) is 18.0 Å². The zero-order valence-corrected chi connectivity index (χ0v) is 8.83. The molecule has 0 aromatic heterocycles. The Labute approximate surface area is 89.1 Å². The summed E-state index contributed by atoms with van der Waals surface area (Å²) in [5.41, 5.74) is 2.27. The summed E-state index contributed by atoms with van der Waals surface area (Å²) in [7, 11) is 0. The van der Waals surface area contributed by atoms with E-state index in [1.165, 1.54) is 11.6 Å². The molecule has 1 aliphatic carbocycles. The summed E-state index contributed by atoms with van der Waals surface area (Å²) in [6.45, 7) is 2.30. The maximum atomic E-state index is 13.1. The molecule has 1 aromatic carbocycles. The predicted molar refractivity (Wildman–Crippen MR) is 57.1 cm³/mol. The van der Waals surface area contributed by atoms with Gasteiger partial charge in [0.1, 0.15) is 5.82 Å². The molecule has 0 amide bonds. The number of aliphatic hydroxyl groups excluding tert-OH is 1. The SMILES string of the molecule is CC(O)CNC1CCc2ccc(F)cc21. The van der Waals surface area contributed by atoms with Gasteiger partial charge in [-0.05, 0) is 43.0 Å². The van der Waals surface area contributed by atoms with Gasteiger partial charge >= 0.3 is 0 Å². The number of nitrogens with one attached hydrogen (secondary N) is 1. The van der Waals surface area contributed by atoms with Crippen molar-refractivity contribution in [1.29, 1.82) is 0 Å². The minimum atomic E-state index is -0.359. The Kier molecular flexibility index (Phi) is 3.03. The van der Waals surface area contributed by atoms with Crippen LogP contribution in [0.15, 0.2) is 18.2 Å². The van der Waals surface area contributed by atoms with Gasteiger partial charge in [0.05, 0.1) is 6.10 Å². The largest absolute Gasteiger partial charge is 0.392 e. The normalized spacial score (nSPS) is 21.4. The van der Waals surface area contributed by atoms with Crippen LogP contribution in [0, 0.1) is 5.82 Å². The third-order valence-electron chi connectivity index (χ3n) is 2.85. The lowest BCUT2D eigenvalue weighted by molar-refractivity contribution is 0.186. The lowest BCUT2D eigenvalue weighted by Gasteiger charge is -2.15. The molecule has 0 saturated carbocycles. The smallest absolute Gasteiger partial charge is 0.123 e. The topological polar surface area (TPSA) is 32.3 Å². The van der Waals surface area contributed by atoms with Crippen LogP contribution in [0.1, 0.15) is 30.5 Å². The molecular weight excluding hydrogens is 193 g/mol. The van der Waals surface area contributed by atoms with Crippen molar-refractivity contribution in [3.05, 3.63) is 35.1 Å². The Morgan fingerprint density at radius 1 is 1.60 bits per heavy atom. The standard InChI is InChI=1S/C12H16FNO/c1-8(15)7-14-12-5-3-9-2-4-10(13)6-11(9)12/h2,4,6,8,12,14-15H,3,5,7H2,1H3. The molecule has 0 fully saturated rings. The van der Waals surface area contributed by atoms with Gasteiger partial charge in [-0.15, -0.1) is 0 Å². The van der Waals surface area contributed by atoms with E-state index in [0.717, 1.165) is 18.4 Å². The highest BCUT2D eigenvalue weighted by molar-refractivity contribution is 5.34. The molecule has 0 heterocycles. The molecule has 0 saturated heterocycles. The minimum absolute atomic E-state index is 0.181. The average Bonchev–Trinajstić information content (AvgIpc) is 2.57. The van der Waals surface area contributed by atoms with E-state index in [9.17, 15) is 9.50 Å². The van der Waals surface area contributed by atoms with Gasteiger partial charge in [-0.3, -0.25) is 0 Å². The van der Waals surface area contributed by atoms with Crippen LogP contribution in [0.3, 0.4) is 0 Å². The summed E-state index contributed by atoms with van der Waals surface area (Å²) in [4.78, 5) is 0. The summed E-state index contributed by atoms with van der Waals surface area (Å²) in [6, 6.07) is 5.16. The summed E-state index contributed by atoms with van der Waals surface area (Å²) in [6.07, 6.45) is 1.63. The molecule has 2 unspecified atom stereocenters. The Morgan fingerprint density at radius 2 is 2.40 bits per heavy atom. The van der Waals surface area contributed by atoms with E-state index >= 15 is 0 Å². The van der Waals surface area contributed by atoms with E-state index in [1.54, 1.807) is 13.0 Å². The third kappa shape index (κ3) is 2.36. The van der Waals surface area contributed by atoms with Crippen LogP contribution in [0.2, 0.25) is 0 Å². The van der Waals surface area contributed by atoms with Crippen LogP contribution in [-0.4, -0.2) is 17.8 Å². The van der Waals surface area contributed by atoms with E-state index in [4.69, 9.17) is 0 Å². The first kappa shape index (κ1) is 10.6. The van der Waals surface area contributed by atoms with Crippen LogP contribution in [-0.2, 0) is 6.42 Å². The highest BCUT2D eigenvalue weighted by Crippen LogP contribution is 2.31. The summed E-state index contributed by atoms with van der Waals surface area (Å²) in [5, 5.41) is 12.4. The fourth-order valence-corrected chi connectivity index (χ4v) is 2.10. The Hall–Kier alpha value is -0.930. The van der Waals surface area contributed by atoms with E-state index in [2.05, 4.69) is 5.32 Å². The van der Waals surface area contributed by atoms with Crippen molar-refractivity contribution in [3.8, 4) is 0 Å². The average molecular weight is 209 g/mol. The molecule has 0 spiro atoms. The Balaban J connectivity index is 2.10. The van der Waals surface area contributed by atoms with Gasteiger partial charge in [-0.1, -0.05) is 6.07 Å². The summed E-state index contributed by atoms with van der Waals surface area (Å²) in [5.74, 6) is -0.181. The fraction of sp³-hybridized carbons (Fsp3) is 0.500. The molecule has 1 aromatic rings. The van der Waals surface area contributed by atoms with Gasteiger partial charge in [0.15, 0.2) is 0 Å². The van der Waals surface area contributed by atoms with Gasteiger partial charge in [-0.25, -0.2) is 4.39 Å². The van der Waals surface area contributed by atoms with Gasteiger partial charge in [0, 0.05) is 12.6 Å². The zero-order valence-electron chi connectivity index (χ0n) is 8.83. The van der Waals surface area contributed by atoms with Crippen molar-refractivity contribution in [2.45, 2.75) is 31.9 Å². The molecule has 2 nitrogen and oxygen atoms in total. The lowest BCUT2D eigenvalue weighted by Crippen LogP contribution is -2.27. The van der Waals surface area contributed by atoms with Crippen molar-refractivity contribution in [1.82, 2.24) is 5.32 Å². The molecule has 0 radical (unpaired) electrons. The maximum absolute atomic E-state index is 13.1. The number of fused-ring (bicyclic) bond motifs is 1. The number of hydrogen-bond donors (Lipinski definition) is 2. The van der Waals surface area contributed by atoms with Gasteiger partial charge in [-0.2, -0.15) is 0 Å². The van der Waals surface area contributed by atoms with E-state index in [1.807, 2.05) is 6.07 Å². The van der Waals surface area contributed by atoms with Crippen molar-refractivity contribution in [2.75, 3.05) is 6.54 Å². The molecule has 0 aliphatic heterocycles. The highest BCUT2D eigenvalue weighted by atomic mass is 19.1. The monoisotopic (exact) mass is 209 g/mol. The Morgan fingerprint density at radius 3 is 3.13 bits per heavy atom. The van der Waals surface area contributed by atoms with Crippen LogP contribution in [0.25, 0.3) is 0 Å². The quantitative estimate of drug-likeness (QED) is 0.795. The molecule has 2 rings (SSSR count). The predicted octanol–water partition coefficient (Wildman–Crippen LogP) is 1.78. The Bertz CT molecular complexity index is 351. The second kappa shape index (κ2) is 4.29. The molecule has 3 heteroatoms. The van der Waals surface area contributed by atoms with Gasteiger partial charge < -0.3 is 10.4 Å². The lowest BCUT2D eigenvalue weighted by atomic mass is 10.1. The van der Waals surface area contributed by atoms with Crippen LogP contribution in [0.5, 0.6) is 0 Å². The molecular formula is C12H16FNO. The molecule has 0 bridgehead atoms. The highest BCUT2D eigenvalue weighted by Gasteiger charge is 2.22. The van der Waals surface area contributed by atoms with Crippen LogP contribution < -0.4 is 5.32 Å². The van der Waals surface area contributed by atoms with Gasteiger partial charge in [0.2, 0.25) is 0 Å². The summed E-state index contributed by atoms with van der Waals surface area (Å²) < 4.78 is 13.1. The van der Waals surface area contributed by atoms with Crippen molar-refractivity contribution in [3.63, 3.8) is 0 Å². The number of halogens is 1. The molecule has 2 N–H and O–H groups in total. The first-order chi connectivity index (χ1) is 7.16. The van der Waals surface area contributed by atoms with E-state index in [0.29, 0.717) is 6.54 Å². The second-order valence-electron chi connectivity index (χ2n) is 4.19. The van der Waals surface area contributed by atoms with Crippen LogP contribution >= 0.6 is 0 Å². The number of aliphatic hydroxyl groups is 1. The minimum Gasteiger partial charge on any atom is -0.392 e. The molecule has 1 aliphatic rings.